The van der Waals surface area contributed by atoms with Crippen LogP contribution in [0.4, 0.5) is 0 Å². The normalized spacial score (nSPS) is 34.8. The zero-order valence-electron chi connectivity index (χ0n) is 8.64. The molecule has 84 valence electrons. The van der Waals surface area contributed by atoms with Crippen molar-refractivity contribution < 1.29 is 29.0 Å². The predicted molar refractivity (Wildman–Crippen MR) is 46.4 cm³/mol. The summed E-state index contributed by atoms with van der Waals surface area (Å²) in [5.41, 5.74) is -2.21. The minimum atomic E-state index is -2.21. The molecule has 1 aliphatic heterocycles. The summed E-state index contributed by atoms with van der Waals surface area (Å²) in [4.78, 5) is 33.0. The van der Waals surface area contributed by atoms with E-state index in [1.54, 1.807) is 0 Å². The molecule has 3 atom stereocenters. The lowest BCUT2D eigenvalue weighted by Gasteiger charge is -2.20. The molecule has 0 aromatic heterocycles. The standard InChI is InChI=1S/C9H12O6/c1-4-7(14-6(3)11)15-8(12)9(4,13)5(2)10/h4,7,13H,1-3H3/t4-,7-,9-/m1/s1. The molecule has 0 amide bonds. The lowest BCUT2D eigenvalue weighted by molar-refractivity contribution is -0.179. The van der Waals surface area contributed by atoms with E-state index in [-0.39, 0.29) is 0 Å². The van der Waals surface area contributed by atoms with Crippen molar-refractivity contribution >= 4 is 17.7 Å². The van der Waals surface area contributed by atoms with E-state index in [4.69, 9.17) is 0 Å². The highest BCUT2D eigenvalue weighted by molar-refractivity contribution is 6.07. The number of carbonyl (C=O) groups is 3. The highest BCUT2D eigenvalue weighted by Gasteiger charge is 2.59. The summed E-state index contributed by atoms with van der Waals surface area (Å²) in [5.74, 6) is -3.36. The van der Waals surface area contributed by atoms with Crippen LogP contribution in [-0.4, -0.2) is 34.7 Å². The monoisotopic (exact) mass is 216 g/mol. The molecule has 1 rings (SSSR count). The molecule has 6 nitrogen and oxygen atoms in total. The Balaban J connectivity index is 2.92. The average molecular weight is 216 g/mol. The first-order valence-corrected chi connectivity index (χ1v) is 4.41. The van der Waals surface area contributed by atoms with Gasteiger partial charge < -0.3 is 14.6 Å². The van der Waals surface area contributed by atoms with Gasteiger partial charge in [0.15, 0.2) is 5.78 Å². The maximum atomic E-state index is 11.3. The summed E-state index contributed by atoms with van der Waals surface area (Å²) in [7, 11) is 0. The second-order valence-corrected chi connectivity index (χ2v) is 3.49. The molecule has 0 aromatic rings. The van der Waals surface area contributed by atoms with Crippen molar-refractivity contribution in [3.63, 3.8) is 0 Å². The van der Waals surface area contributed by atoms with E-state index in [2.05, 4.69) is 9.47 Å². The molecule has 15 heavy (non-hydrogen) atoms. The van der Waals surface area contributed by atoms with Gasteiger partial charge in [-0.15, -0.1) is 0 Å². The fourth-order valence-corrected chi connectivity index (χ4v) is 1.43. The average Bonchev–Trinajstić information content (AvgIpc) is 2.31. The van der Waals surface area contributed by atoms with Gasteiger partial charge in [0.1, 0.15) is 0 Å². The van der Waals surface area contributed by atoms with E-state index in [1.807, 2.05) is 0 Å². The lowest BCUT2D eigenvalue weighted by Crippen LogP contribution is -2.47. The molecule has 0 bridgehead atoms. The van der Waals surface area contributed by atoms with Crippen LogP contribution in [-0.2, 0) is 23.9 Å². The molecule has 1 N–H and O–H groups in total. The van der Waals surface area contributed by atoms with E-state index in [0.717, 1.165) is 13.8 Å². The second kappa shape index (κ2) is 3.62. The number of esters is 2. The van der Waals surface area contributed by atoms with Gasteiger partial charge in [-0.05, 0) is 6.92 Å². The zero-order chi connectivity index (χ0) is 11.8. The molecular weight excluding hydrogens is 204 g/mol. The van der Waals surface area contributed by atoms with Gasteiger partial charge in [-0.3, -0.25) is 9.59 Å². The van der Waals surface area contributed by atoms with E-state index in [9.17, 15) is 19.5 Å². The van der Waals surface area contributed by atoms with Gasteiger partial charge in [0.05, 0.1) is 5.92 Å². The van der Waals surface area contributed by atoms with E-state index >= 15 is 0 Å². The van der Waals surface area contributed by atoms with Gasteiger partial charge in [-0.1, -0.05) is 6.92 Å². The summed E-state index contributed by atoms with van der Waals surface area (Å²) >= 11 is 0. The Labute approximate surface area is 86.2 Å². The Bertz CT molecular complexity index is 323. The van der Waals surface area contributed by atoms with E-state index in [1.165, 1.54) is 6.92 Å². The minimum Gasteiger partial charge on any atom is -0.425 e. The van der Waals surface area contributed by atoms with Crippen molar-refractivity contribution in [3.8, 4) is 0 Å². The minimum absolute atomic E-state index is 0.646. The van der Waals surface area contributed by atoms with Gasteiger partial charge in [-0.25, -0.2) is 4.79 Å². The molecule has 1 heterocycles. The van der Waals surface area contributed by atoms with Crippen LogP contribution in [0, 0.1) is 5.92 Å². The molecule has 0 saturated carbocycles. The fourth-order valence-electron chi connectivity index (χ4n) is 1.43. The van der Waals surface area contributed by atoms with Crippen LogP contribution in [0.25, 0.3) is 0 Å². The topological polar surface area (TPSA) is 89.9 Å². The number of ketones is 1. The first kappa shape index (κ1) is 11.6. The van der Waals surface area contributed by atoms with Crippen LogP contribution in [0.5, 0.6) is 0 Å². The van der Waals surface area contributed by atoms with Crippen LogP contribution in [0.2, 0.25) is 0 Å². The van der Waals surface area contributed by atoms with Gasteiger partial charge in [0, 0.05) is 6.92 Å². The molecule has 0 aliphatic carbocycles. The summed E-state index contributed by atoms with van der Waals surface area (Å²) in [6, 6.07) is 0. The number of aliphatic hydroxyl groups is 1. The fraction of sp³-hybridized carbons (Fsp3) is 0.667. The SMILES string of the molecule is CC(=O)O[C@@H]1OC(=O)[C@](O)(C(C)=O)[C@@H]1C. The molecule has 1 aliphatic rings. The van der Waals surface area contributed by atoms with Crippen LogP contribution < -0.4 is 0 Å². The Kier molecular flexibility index (Phi) is 2.81. The quantitative estimate of drug-likeness (QED) is 0.489. The van der Waals surface area contributed by atoms with Crippen LogP contribution in [0.3, 0.4) is 0 Å². The Hall–Kier alpha value is -1.43. The number of Topliss-reactive ketones (excluding diaryl/α,β-unsaturated/α-hetero) is 1. The van der Waals surface area contributed by atoms with Gasteiger partial charge in [0.2, 0.25) is 5.60 Å². The first-order chi connectivity index (χ1) is 6.80. The first-order valence-electron chi connectivity index (χ1n) is 4.41. The number of ether oxygens (including phenoxy) is 2. The number of hydrogen-bond donors (Lipinski definition) is 1. The molecular formula is C9H12O6. The third-order valence-corrected chi connectivity index (χ3v) is 2.42. The third kappa shape index (κ3) is 1.72. The Morgan fingerprint density at radius 3 is 2.33 bits per heavy atom. The van der Waals surface area contributed by atoms with Crippen LogP contribution in [0.15, 0.2) is 0 Å². The van der Waals surface area contributed by atoms with Crippen molar-refractivity contribution in [2.45, 2.75) is 32.7 Å². The van der Waals surface area contributed by atoms with Crippen molar-refractivity contribution in [3.05, 3.63) is 0 Å². The highest BCUT2D eigenvalue weighted by atomic mass is 16.7. The molecule has 1 saturated heterocycles. The van der Waals surface area contributed by atoms with Crippen LogP contribution >= 0.6 is 0 Å². The van der Waals surface area contributed by atoms with Gasteiger partial charge in [0.25, 0.3) is 6.29 Å². The third-order valence-electron chi connectivity index (χ3n) is 2.42. The van der Waals surface area contributed by atoms with Crippen molar-refractivity contribution in [1.29, 1.82) is 0 Å². The predicted octanol–water partition coefficient (Wildman–Crippen LogP) is -0.611. The van der Waals surface area contributed by atoms with E-state index < -0.39 is 35.5 Å². The maximum absolute atomic E-state index is 11.3. The summed E-state index contributed by atoms with van der Waals surface area (Å²) in [5, 5.41) is 9.77. The van der Waals surface area contributed by atoms with Gasteiger partial charge >= 0.3 is 11.9 Å². The lowest BCUT2D eigenvalue weighted by atomic mass is 9.87. The molecule has 0 aromatic carbocycles. The summed E-state index contributed by atoms with van der Waals surface area (Å²) < 4.78 is 9.25. The van der Waals surface area contributed by atoms with Gasteiger partial charge in [-0.2, -0.15) is 0 Å². The smallest absolute Gasteiger partial charge is 0.349 e. The Morgan fingerprint density at radius 1 is 1.47 bits per heavy atom. The number of carbonyl (C=O) groups excluding carboxylic acids is 3. The highest BCUT2D eigenvalue weighted by Crippen LogP contribution is 2.33. The zero-order valence-corrected chi connectivity index (χ0v) is 8.64. The van der Waals surface area contributed by atoms with Crippen molar-refractivity contribution in [2.75, 3.05) is 0 Å². The molecule has 0 spiro atoms. The molecule has 1 fully saturated rings. The number of hydrogen-bond acceptors (Lipinski definition) is 6. The summed E-state index contributed by atoms with van der Waals surface area (Å²) in [6.07, 6.45) is -1.20. The van der Waals surface area contributed by atoms with Crippen LogP contribution in [0.1, 0.15) is 20.8 Å². The number of rotatable bonds is 2. The summed E-state index contributed by atoms with van der Waals surface area (Å²) in [6.45, 7) is 3.62. The largest absolute Gasteiger partial charge is 0.425 e. The van der Waals surface area contributed by atoms with Crippen molar-refractivity contribution in [2.24, 2.45) is 5.92 Å². The van der Waals surface area contributed by atoms with E-state index in [0.29, 0.717) is 0 Å². The maximum Gasteiger partial charge on any atom is 0.349 e. The molecule has 0 unspecified atom stereocenters. The Morgan fingerprint density at radius 2 is 2.00 bits per heavy atom. The molecule has 0 radical (unpaired) electrons. The second-order valence-electron chi connectivity index (χ2n) is 3.49. The molecule has 6 heteroatoms. The van der Waals surface area contributed by atoms with Crippen molar-refractivity contribution in [1.82, 2.24) is 0 Å². The number of cyclic esters (lactones) is 1.